The first kappa shape index (κ1) is 11.5. The summed E-state index contributed by atoms with van der Waals surface area (Å²) in [5.74, 6) is 0.0535. The third kappa shape index (κ3) is 2.45. The van der Waals surface area contributed by atoms with Gasteiger partial charge in [0, 0.05) is 12.3 Å². The normalized spacial score (nSPS) is 11.9. The van der Waals surface area contributed by atoms with Crippen LogP contribution < -0.4 is 5.44 Å². The van der Waals surface area contributed by atoms with Gasteiger partial charge in [-0.15, -0.1) is 0 Å². The Kier molecular flexibility index (Phi) is 3.89. The van der Waals surface area contributed by atoms with Gasteiger partial charge in [0.05, 0.1) is 13.2 Å². The summed E-state index contributed by atoms with van der Waals surface area (Å²) in [5.41, 5.74) is 0.388. The minimum absolute atomic E-state index is 0.0535. The van der Waals surface area contributed by atoms with Crippen molar-refractivity contribution in [3.8, 4) is 5.75 Å². The summed E-state index contributed by atoms with van der Waals surface area (Å²) in [6, 6.07) is 1.40. The van der Waals surface area contributed by atoms with Crippen LogP contribution in [0.5, 0.6) is 5.75 Å². The maximum Gasteiger partial charge on any atom is 0.464 e. The first-order valence-corrected chi connectivity index (χ1v) is 5.99. The second kappa shape index (κ2) is 4.75. The largest absolute Gasteiger partial charge is 0.506 e. The summed E-state index contributed by atoms with van der Waals surface area (Å²) >= 11 is 0. The molecule has 1 rings (SSSR count). The number of aromatic amines is 1. The smallest absolute Gasteiger partial charge is 0.464 e. The fraction of sp³-hybridized carbons (Fsp3) is 0.500. The highest BCUT2D eigenvalue weighted by Crippen LogP contribution is 2.55. The SMILES string of the molecule is CCO[P+](O)(OCC)c1cc(O)c[nH]1. The van der Waals surface area contributed by atoms with Crippen molar-refractivity contribution < 1.29 is 19.0 Å². The number of aromatic nitrogens is 1. The average Bonchev–Trinajstić information content (AvgIpc) is 2.53. The minimum Gasteiger partial charge on any atom is -0.506 e. The predicted molar refractivity (Wildman–Crippen MR) is 54.5 cm³/mol. The molecule has 0 saturated carbocycles. The summed E-state index contributed by atoms with van der Waals surface area (Å²) in [7, 11) is -3.02. The summed E-state index contributed by atoms with van der Waals surface area (Å²) in [6.45, 7) is 4.24. The van der Waals surface area contributed by atoms with Crippen LogP contribution in [0.25, 0.3) is 0 Å². The fourth-order valence-corrected chi connectivity index (χ4v) is 2.64. The second-order valence-corrected chi connectivity index (χ2v) is 4.64. The van der Waals surface area contributed by atoms with Gasteiger partial charge in [-0.05, 0) is 13.8 Å². The van der Waals surface area contributed by atoms with Crippen molar-refractivity contribution >= 4 is 13.4 Å². The van der Waals surface area contributed by atoms with Gasteiger partial charge < -0.3 is 10.1 Å². The van der Waals surface area contributed by atoms with Gasteiger partial charge in [0.25, 0.3) is 5.44 Å². The van der Waals surface area contributed by atoms with Crippen LogP contribution in [-0.4, -0.2) is 28.2 Å². The third-order valence-electron chi connectivity index (χ3n) is 1.57. The molecular weight excluding hydrogens is 205 g/mol. The highest BCUT2D eigenvalue weighted by Gasteiger charge is 2.45. The molecule has 3 N–H and O–H groups in total. The molecule has 0 saturated heterocycles. The molecule has 80 valence electrons. The number of aromatic hydroxyl groups is 1. The standard InChI is InChI=1S/C8H14NO4P/c1-3-12-14(11,13-4-2)8-5-7(10)6-9-8/h5-6,9,11H,3-4H2,1-2H3/p+1. The summed E-state index contributed by atoms with van der Waals surface area (Å²) < 4.78 is 10.3. The molecule has 0 atom stereocenters. The van der Waals surface area contributed by atoms with Gasteiger partial charge in [-0.1, -0.05) is 0 Å². The van der Waals surface area contributed by atoms with Crippen LogP contribution in [-0.2, 0) is 9.05 Å². The predicted octanol–water partition coefficient (Wildman–Crippen LogP) is 1.17. The van der Waals surface area contributed by atoms with Crippen molar-refractivity contribution in [1.29, 1.82) is 0 Å². The van der Waals surface area contributed by atoms with Crippen molar-refractivity contribution in [3.05, 3.63) is 12.3 Å². The second-order valence-electron chi connectivity index (χ2n) is 2.60. The Hall–Kier alpha value is -0.610. The summed E-state index contributed by atoms with van der Waals surface area (Å²) in [4.78, 5) is 12.7. The van der Waals surface area contributed by atoms with E-state index in [9.17, 15) is 4.89 Å². The summed E-state index contributed by atoms with van der Waals surface area (Å²) in [5, 5.41) is 9.12. The maximum absolute atomic E-state index is 10.0. The molecule has 0 aliphatic rings. The van der Waals surface area contributed by atoms with Crippen LogP contribution >= 0.6 is 7.94 Å². The molecule has 1 aromatic rings. The lowest BCUT2D eigenvalue weighted by atomic mass is 10.6. The van der Waals surface area contributed by atoms with E-state index in [-0.39, 0.29) is 5.75 Å². The Balaban J connectivity index is 2.86. The molecule has 0 bridgehead atoms. The van der Waals surface area contributed by atoms with Crippen molar-refractivity contribution in [3.63, 3.8) is 0 Å². The maximum atomic E-state index is 10.0. The Morgan fingerprint density at radius 2 is 1.93 bits per heavy atom. The zero-order valence-corrected chi connectivity index (χ0v) is 9.12. The van der Waals surface area contributed by atoms with E-state index in [1.165, 1.54) is 12.3 Å². The lowest BCUT2D eigenvalue weighted by molar-refractivity contribution is 0.200. The lowest BCUT2D eigenvalue weighted by Crippen LogP contribution is -2.17. The van der Waals surface area contributed by atoms with E-state index in [1.54, 1.807) is 13.8 Å². The van der Waals surface area contributed by atoms with Gasteiger partial charge in [0.2, 0.25) is 0 Å². The van der Waals surface area contributed by atoms with Crippen LogP contribution in [0.2, 0.25) is 0 Å². The van der Waals surface area contributed by atoms with E-state index in [1.807, 2.05) is 0 Å². The van der Waals surface area contributed by atoms with E-state index in [0.717, 1.165) is 0 Å². The molecule has 14 heavy (non-hydrogen) atoms. The Labute approximate surface area is 83.3 Å². The molecule has 1 heterocycles. The quantitative estimate of drug-likeness (QED) is 0.651. The molecule has 0 aliphatic heterocycles. The lowest BCUT2D eigenvalue weighted by Gasteiger charge is -2.12. The average molecular weight is 220 g/mol. The van der Waals surface area contributed by atoms with Crippen LogP contribution in [0.4, 0.5) is 0 Å². The molecule has 0 aromatic carbocycles. The van der Waals surface area contributed by atoms with E-state index >= 15 is 0 Å². The van der Waals surface area contributed by atoms with Gasteiger partial charge in [-0.2, -0.15) is 13.9 Å². The fourth-order valence-electron chi connectivity index (χ4n) is 1.06. The first-order chi connectivity index (χ1) is 6.62. The molecule has 0 radical (unpaired) electrons. The Morgan fingerprint density at radius 3 is 2.29 bits per heavy atom. The van der Waals surface area contributed by atoms with Crippen LogP contribution in [0.3, 0.4) is 0 Å². The van der Waals surface area contributed by atoms with Gasteiger partial charge in [0.15, 0.2) is 0 Å². The number of hydrogen-bond acceptors (Lipinski definition) is 4. The van der Waals surface area contributed by atoms with E-state index in [4.69, 9.17) is 14.2 Å². The van der Waals surface area contributed by atoms with E-state index < -0.39 is 7.94 Å². The van der Waals surface area contributed by atoms with Crippen LogP contribution in [0, 0.1) is 0 Å². The van der Waals surface area contributed by atoms with Gasteiger partial charge >= 0.3 is 7.94 Å². The van der Waals surface area contributed by atoms with Crippen LogP contribution in [0.15, 0.2) is 12.3 Å². The summed E-state index contributed by atoms with van der Waals surface area (Å²) in [6.07, 6.45) is 1.37. The van der Waals surface area contributed by atoms with Gasteiger partial charge in [-0.25, -0.2) is 0 Å². The van der Waals surface area contributed by atoms with Gasteiger partial charge in [0.1, 0.15) is 5.75 Å². The first-order valence-electron chi connectivity index (χ1n) is 4.41. The molecule has 5 nitrogen and oxygen atoms in total. The molecular formula is C8H15NO4P+. The molecule has 0 spiro atoms. The number of nitrogens with one attached hydrogen (secondary N) is 1. The number of H-pyrrole nitrogens is 1. The highest BCUT2D eigenvalue weighted by molar-refractivity contribution is 7.68. The van der Waals surface area contributed by atoms with Crippen molar-refractivity contribution in [2.45, 2.75) is 13.8 Å². The Bertz CT molecular complexity index is 283. The topological polar surface area (TPSA) is 74.7 Å². The van der Waals surface area contributed by atoms with E-state index in [0.29, 0.717) is 18.6 Å². The molecule has 6 heteroatoms. The third-order valence-corrected chi connectivity index (χ3v) is 3.65. The monoisotopic (exact) mass is 220 g/mol. The number of hydrogen-bond donors (Lipinski definition) is 3. The molecule has 0 amide bonds. The number of rotatable bonds is 5. The molecule has 0 aliphatic carbocycles. The molecule has 0 fully saturated rings. The van der Waals surface area contributed by atoms with Crippen molar-refractivity contribution in [1.82, 2.24) is 4.98 Å². The molecule has 1 aromatic heterocycles. The van der Waals surface area contributed by atoms with Crippen LogP contribution in [0.1, 0.15) is 13.8 Å². The highest BCUT2D eigenvalue weighted by atomic mass is 31.2. The Morgan fingerprint density at radius 1 is 1.36 bits per heavy atom. The zero-order chi connectivity index (χ0) is 10.6. The van der Waals surface area contributed by atoms with Crippen molar-refractivity contribution in [2.24, 2.45) is 0 Å². The van der Waals surface area contributed by atoms with E-state index in [2.05, 4.69) is 4.98 Å². The minimum atomic E-state index is -3.02. The van der Waals surface area contributed by atoms with Crippen molar-refractivity contribution in [2.75, 3.05) is 13.2 Å². The molecule has 0 unspecified atom stereocenters. The zero-order valence-electron chi connectivity index (χ0n) is 8.23. The van der Waals surface area contributed by atoms with Gasteiger partial charge in [-0.3, -0.25) is 0 Å².